The van der Waals surface area contributed by atoms with Gasteiger partial charge >= 0.3 is 6.09 Å². The van der Waals surface area contributed by atoms with Crippen molar-refractivity contribution in [1.82, 2.24) is 5.32 Å². The van der Waals surface area contributed by atoms with Crippen molar-refractivity contribution in [3.8, 4) is 0 Å². The summed E-state index contributed by atoms with van der Waals surface area (Å²) < 4.78 is 4.99. The number of amides is 1. The minimum atomic E-state index is -0.408. The molecule has 1 aliphatic rings. The molecule has 68 valence electrons. The second kappa shape index (κ2) is 4.09. The summed E-state index contributed by atoms with van der Waals surface area (Å²) in [5.74, 6) is 0.270. The average molecular weight is 171 g/mol. The van der Waals surface area contributed by atoms with Crippen molar-refractivity contribution in [3.05, 3.63) is 0 Å². The third-order valence-corrected chi connectivity index (χ3v) is 1.97. The number of ether oxygens (including phenoxy) is 1. The molecule has 0 bridgehead atoms. The van der Waals surface area contributed by atoms with Crippen molar-refractivity contribution in [2.24, 2.45) is 0 Å². The maximum Gasteiger partial charge on any atom is 0.407 e. The summed E-state index contributed by atoms with van der Waals surface area (Å²) in [4.78, 5) is 21.6. The summed E-state index contributed by atoms with van der Waals surface area (Å²) in [5, 5.41) is 2.38. The molecule has 0 spiro atoms. The molecule has 0 aliphatic heterocycles. The predicted octanol–water partition coefficient (Wildman–Crippen LogP) is 0.854. The fourth-order valence-corrected chi connectivity index (χ4v) is 1.24. The number of hydrogen-bond donors (Lipinski definition) is 1. The van der Waals surface area contributed by atoms with Crippen LogP contribution in [0.15, 0.2) is 0 Å². The van der Waals surface area contributed by atoms with Gasteiger partial charge in [0.1, 0.15) is 11.9 Å². The lowest BCUT2D eigenvalue weighted by molar-refractivity contribution is -0.122. The van der Waals surface area contributed by atoms with Crippen molar-refractivity contribution < 1.29 is 14.3 Å². The Balaban J connectivity index is 2.26. The molecule has 4 heteroatoms. The minimum absolute atomic E-state index is 0.0670. The lowest BCUT2D eigenvalue weighted by Gasteiger charge is -2.20. The van der Waals surface area contributed by atoms with Gasteiger partial charge in [-0.3, -0.25) is 4.79 Å². The molecular formula is C8H13NO3. The van der Waals surface area contributed by atoms with E-state index >= 15 is 0 Å². The Morgan fingerprint density at radius 1 is 1.50 bits per heavy atom. The SMILES string of the molecule is CNC(=O)OC1CCC(=O)CC1. The van der Waals surface area contributed by atoms with E-state index in [1.54, 1.807) is 0 Å². The highest BCUT2D eigenvalue weighted by atomic mass is 16.6. The average Bonchev–Trinajstić information content (AvgIpc) is 2.09. The molecule has 0 aromatic rings. The Bertz CT molecular complexity index is 181. The van der Waals surface area contributed by atoms with E-state index in [1.807, 2.05) is 0 Å². The number of nitrogens with one attached hydrogen (secondary N) is 1. The fourth-order valence-electron chi connectivity index (χ4n) is 1.24. The second-order valence-electron chi connectivity index (χ2n) is 2.89. The van der Waals surface area contributed by atoms with Crippen molar-refractivity contribution in [2.75, 3.05) is 7.05 Å². The van der Waals surface area contributed by atoms with Crippen LogP contribution in [-0.2, 0) is 9.53 Å². The van der Waals surface area contributed by atoms with E-state index in [9.17, 15) is 9.59 Å². The smallest absolute Gasteiger partial charge is 0.407 e. The van der Waals surface area contributed by atoms with Crippen molar-refractivity contribution in [1.29, 1.82) is 0 Å². The number of Topliss-reactive ketones (excluding diaryl/α,β-unsaturated/α-hetero) is 1. The monoisotopic (exact) mass is 171 g/mol. The molecule has 1 saturated carbocycles. The molecule has 0 unspecified atom stereocenters. The van der Waals surface area contributed by atoms with Crippen LogP contribution in [0.4, 0.5) is 4.79 Å². The first-order valence-electron chi connectivity index (χ1n) is 4.12. The topological polar surface area (TPSA) is 55.4 Å². The van der Waals surface area contributed by atoms with E-state index in [2.05, 4.69) is 5.32 Å². The molecule has 4 nitrogen and oxygen atoms in total. The highest BCUT2D eigenvalue weighted by Crippen LogP contribution is 2.17. The van der Waals surface area contributed by atoms with Gasteiger partial charge < -0.3 is 10.1 Å². The zero-order valence-electron chi connectivity index (χ0n) is 7.13. The van der Waals surface area contributed by atoms with Crippen LogP contribution in [0.3, 0.4) is 0 Å². The fraction of sp³-hybridized carbons (Fsp3) is 0.750. The Labute approximate surface area is 71.3 Å². The highest BCUT2D eigenvalue weighted by molar-refractivity contribution is 5.79. The van der Waals surface area contributed by atoms with Gasteiger partial charge in [-0.05, 0) is 12.8 Å². The van der Waals surface area contributed by atoms with Gasteiger partial charge in [-0.25, -0.2) is 4.79 Å². The normalized spacial score (nSPS) is 18.9. The first-order chi connectivity index (χ1) is 5.72. The summed E-state index contributed by atoms with van der Waals surface area (Å²) >= 11 is 0. The van der Waals surface area contributed by atoms with Gasteiger partial charge in [0.15, 0.2) is 0 Å². The van der Waals surface area contributed by atoms with Gasteiger partial charge in [-0.1, -0.05) is 0 Å². The van der Waals surface area contributed by atoms with Crippen LogP contribution in [-0.4, -0.2) is 25.0 Å². The summed E-state index contributed by atoms with van der Waals surface area (Å²) in [6, 6.07) is 0. The van der Waals surface area contributed by atoms with Crippen LogP contribution in [0.1, 0.15) is 25.7 Å². The van der Waals surface area contributed by atoms with Gasteiger partial charge in [-0.2, -0.15) is 0 Å². The molecule has 0 heterocycles. The maximum atomic E-state index is 10.8. The molecule has 0 aromatic heterocycles. The number of hydrogen-bond acceptors (Lipinski definition) is 3. The van der Waals surface area contributed by atoms with E-state index in [-0.39, 0.29) is 11.9 Å². The molecule has 12 heavy (non-hydrogen) atoms. The first kappa shape index (κ1) is 9.03. The molecule has 0 saturated heterocycles. The summed E-state index contributed by atoms with van der Waals surface area (Å²) in [6.07, 6.45) is 1.96. The van der Waals surface area contributed by atoms with Crippen molar-refractivity contribution >= 4 is 11.9 Å². The molecule has 1 N–H and O–H groups in total. The number of rotatable bonds is 1. The predicted molar refractivity (Wildman–Crippen MR) is 42.8 cm³/mol. The number of alkyl carbamates (subject to hydrolysis) is 1. The standard InChI is InChI=1S/C8H13NO3/c1-9-8(11)12-7-4-2-6(10)3-5-7/h7H,2-5H2,1H3,(H,9,11). The largest absolute Gasteiger partial charge is 0.446 e. The van der Waals surface area contributed by atoms with Gasteiger partial charge in [0.25, 0.3) is 0 Å². The van der Waals surface area contributed by atoms with Crippen LogP contribution >= 0.6 is 0 Å². The molecule has 1 rings (SSSR count). The first-order valence-corrected chi connectivity index (χ1v) is 4.12. The summed E-state index contributed by atoms with van der Waals surface area (Å²) in [7, 11) is 1.52. The number of carbonyl (C=O) groups excluding carboxylic acids is 2. The van der Waals surface area contributed by atoms with Gasteiger partial charge in [0, 0.05) is 19.9 Å². The third kappa shape index (κ3) is 2.53. The lowest BCUT2D eigenvalue weighted by Crippen LogP contribution is -2.29. The van der Waals surface area contributed by atoms with Gasteiger partial charge in [0.05, 0.1) is 0 Å². The quantitative estimate of drug-likeness (QED) is 0.636. The Hall–Kier alpha value is -1.06. The van der Waals surface area contributed by atoms with E-state index < -0.39 is 6.09 Å². The Morgan fingerprint density at radius 2 is 2.08 bits per heavy atom. The molecule has 0 radical (unpaired) electrons. The Kier molecular flexibility index (Phi) is 3.08. The third-order valence-electron chi connectivity index (χ3n) is 1.97. The van der Waals surface area contributed by atoms with Crippen LogP contribution in [0.5, 0.6) is 0 Å². The van der Waals surface area contributed by atoms with E-state index in [1.165, 1.54) is 7.05 Å². The highest BCUT2D eigenvalue weighted by Gasteiger charge is 2.21. The summed E-state index contributed by atoms with van der Waals surface area (Å²) in [6.45, 7) is 0. The van der Waals surface area contributed by atoms with Crippen LogP contribution in [0.25, 0.3) is 0 Å². The van der Waals surface area contributed by atoms with Gasteiger partial charge in [0.2, 0.25) is 0 Å². The minimum Gasteiger partial charge on any atom is -0.446 e. The zero-order valence-corrected chi connectivity index (χ0v) is 7.13. The molecule has 1 aliphatic carbocycles. The lowest BCUT2D eigenvalue weighted by atomic mass is 9.97. The van der Waals surface area contributed by atoms with Crippen LogP contribution in [0.2, 0.25) is 0 Å². The van der Waals surface area contributed by atoms with Gasteiger partial charge in [-0.15, -0.1) is 0 Å². The van der Waals surface area contributed by atoms with E-state index in [0.717, 1.165) is 0 Å². The van der Waals surface area contributed by atoms with Crippen LogP contribution in [0, 0.1) is 0 Å². The van der Waals surface area contributed by atoms with Crippen LogP contribution < -0.4 is 5.32 Å². The second-order valence-corrected chi connectivity index (χ2v) is 2.89. The number of ketones is 1. The molecular weight excluding hydrogens is 158 g/mol. The van der Waals surface area contributed by atoms with E-state index in [0.29, 0.717) is 25.7 Å². The maximum absolute atomic E-state index is 10.8. The summed E-state index contributed by atoms with van der Waals surface area (Å²) in [5.41, 5.74) is 0. The van der Waals surface area contributed by atoms with Crippen molar-refractivity contribution in [3.63, 3.8) is 0 Å². The molecule has 0 atom stereocenters. The van der Waals surface area contributed by atoms with E-state index in [4.69, 9.17) is 4.74 Å². The Morgan fingerprint density at radius 3 is 2.58 bits per heavy atom. The number of carbonyl (C=O) groups is 2. The van der Waals surface area contributed by atoms with Crippen molar-refractivity contribution in [2.45, 2.75) is 31.8 Å². The molecule has 0 aromatic carbocycles. The molecule has 1 fully saturated rings. The molecule has 1 amide bonds. The zero-order chi connectivity index (χ0) is 8.97.